The summed E-state index contributed by atoms with van der Waals surface area (Å²) in [6.07, 6.45) is 1.22. The highest BCUT2D eigenvalue weighted by molar-refractivity contribution is 6.14. The minimum atomic E-state index is -0.752. The molecule has 1 aliphatic heterocycles. The molecule has 1 aliphatic rings. The monoisotopic (exact) mass is 338 g/mol. The normalized spacial score (nSPS) is 12.5. The Labute approximate surface area is 141 Å². The summed E-state index contributed by atoms with van der Waals surface area (Å²) in [7, 11) is 0. The molecule has 0 saturated heterocycles. The highest BCUT2D eigenvalue weighted by atomic mass is 16.7. The van der Waals surface area contributed by atoms with Crippen LogP contribution in [0.3, 0.4) is 0 Å². The van der Waals surface area contributed by atoms with Gasteiger partial charge in [-0.3, -0.25) is 14.9 Å². The van der Waals surface area contributed by atoms with E-state index in [0.29, 0.717) is 11.5 Å². The highest BCUT2D eigenvalue weighted by Crippen LogP contribution is 2.33. The van der Waals surface area contributed by atoms with Crippen molar-refractivity contribution in [3.63, 3.8) is 0 Å². The molecule has 0 radical (unpaired) electrons. The summed E-state index contributed by atoms with van der Waals surface area (Å²) in [5.41, 5.74) is -0.249. The Bertz CT molecular complexity index is 958. The third-order valence-corrected chi connectivity index (χ3v) is 3.51. The minimum Gasteiger partial charge on any atom is -0.502 e. The van der Waals surface area contributed by atoms with E-state index in [0.717, 1.165) is 12.1 Å². The Hall–Kier alpha value is -3.86. The van der Waals surface area contributed by atoms with Gasteiger partial charge in [0.1, 0.15) is 11.6 Å². The molecule has 25 heavy (non-hydrogen) atoms. The number of allylic oxidation sites excluding steroid dienone is 1. The Kier molecular flexibility index (Phi) is 4.05. The molecule has 0 unspecified atom stereocenters. The van der Waals surface area contributed by atoms with E-state index in [1.165, 1.54) is 24.3 Å². The SMILES string of the molecule is N#C/C(=C/c1ccc(O)c([N+](=O)[O-])c1)C(=O)c1ccc2c(c1)OCO2. The van der Waals surface area contributed by atoms with Gasteiger partial charge in [0.15, 0.2) is 17.2 Å². The molecule has 2 aromatic rings. The van der Waals surface area contributed by atoms with Gasteiger partial charge in [-0.25, -0.2) is 0 Å². The van der Waals surface area contributed by atoms with Gasteiger partial charge in [0.25, 0.3) is 0 Å². The molecule has 0 aliphatic carbocycles. The van der Waals surface area contributed by atoms with E-state index in [9.17, 15) is 25.3 Å². The number of nitrogens with zero attached hydrogens (tertiary/aromatic N) is 2. The first-order valence-electron chi connectivity index (χ1n) is 7.03. The highest BCUT2D eigenvalue weighted by Gasteiger charge is 2.19. The molecule has 0 atom stereocenters. The molecular weight excluding hydrogens is 328 g/mol. The van der Waals surface area contributed by atoms with Crippen molar-refractivity contribution < 1.29 is 24.3 Å². The number of carbonyl (C=O) groups excluding carboxylic acids is 1. The second-order valence-corrected chi connectivity index (χ2v) is 5.07. The van der Waals surface area contributed by atoms with Gasteiger partial charge in [-0.15, -0.1) is 0 Å². The third-order valence-electron chi connectivity index (χ3n) is 3.51. The van der Waals surface area contributed by atoms with Crippen LogP contribution in [0.2, 0.25) is 0 Å². The third kappa shape index (κ3) is 3.11. The summed E-state index contributed by atoms with van der Waals surface area (Å²) in [4.78, 5) is 22.6. The van der Waals surface area contributed by atoms with E-state index in [1.54, 1.807) is 12.1 Å². The quantitative estimate of drug-likeness (QED) is 0.299. The molecule has 0 aromatic heterocycles. The Balaban J connectivity index is 1.96. The van der Waals surface area contributed by atoms with Gasteiger partial charge >= 0.3 is 5.69 Å². The van der Waals surface area contributed by atoms with E-state index >= 15 is 0 Å². The summed E-state index contributed by atoms with van der Waals surface area (Å²) >= 11 is 0. The number of aromatic hydroxyl groups is 1. The van der Waals surface area contributed by atoms with Crippen molar-refractivity contribution in [3.8, 4) is 23.3 Å². The van der Waals surface area contributed by atoms with Gasteiger partial charge in [-0.2, -0.15) is 5.26 Å². The fourth-order valence-corrected chi connectivity index (χ4v) is 2.29. The predicted molar refractivity (Wildman–Crippen MR) is 85.2 cm³/mol. The molecule has 0 amide bonds. The molecule has 0 saturated carbocycles. The maximum atomic E-state index is 12.5. The lowest BCUT2D eigenvalue weighted by molar-refractivity contribution is -0.385. The van der Waals surface area contributed by atoms with Crippen molar-refractivity contribution in [1.29, 1.82) is 5.26 Å². The van der Waals surface area contributed by atoms with Crippen LogP contribution in [0.15, 0.2) is 42.0 Å². The number of Topliss-reactive ketones (excluding diaryl/α,β-unsaturated/α-hetero) is 1. The molecule has 124 valence electrons. The molecule has 2 aromatic carbocycles. The molecule has 3 rings (SSSR count). The second kappa shape index (κ2) is 6.33. The Morgan fingerprint density at radius 1 is 1.24 bits per heavy atom. The van der Waals surface area contributed by atoms with E-state index in [4.69, 9.17) is 9.47 Å². The van der Waals surface area contributed by atoms with Crippen LogP contribution in [-0.4, -0.2) is 22.6 Å². The fourth-order valence-electron chi connectivity index (χ4n) is 2.29. The number of nitro benzene ring substituents is 1. The number of hydrogen-bond donors (Lipinski definition) is 1. The molecule has 8 nitrogen and oxygen atoms in total. The molecular formula is C17H10N2O6. The van der Waals surface area contributed by atoms with E-state index in [-0.39, 0.29) is 23.5 Å². The van der Waals surface area contributed by atoms with E-state index < -0.39 is 22.1 Å². The van der Waals surface area contributed by atoms with Crippen molar-refractivity contribution in [2.75, 3.05) is 6.79 Å². The van der Waals surface area contributed by atoms with Crippen molar-refractivity contribution in [2.45, 2.75) is 0 Å². The Morgan fingerprint density at radius 2 is 2.00 bits per heavy atom. The predicted octanol–water partition coefficient (Wildman–Crippen LogP) is 2.82. The molecule has 1 N–H and O–H groups in total. The number of phenols is 1. The van der Waals surface area contributed by atoms with Crippen LogP contribution in [0.25, 0.3) is 6.08 Å². The maximum Gasteiger partial charge on any atom is 0.311 e. The van der Waals surface area contributed by atoms with Crippen LogP contribution < -0.4 is 9.47 Å². The number of rotatable bonds is 4. The zero-order valence-electron chi connectivity index (χ0n) is 12.6. The summed E-state index contributed by atoms with van der Waals surface area (Å²) in [5, 5.41) is 29.6. The number of benzene rings is 2. The van der Waals surface area contributed by atoms with Crippen LogP contribution in [0.4, 0.5) is 5.69 Å². The number of nitriles is 1. The number of ether oxygens (including phenoxy) is 2. The van der Waals surface area contributed by atoms with Gasteiger partial charge in [0, 0.05) is 11.6 Å². The molecule has 0 bridgehead atoms. The molecule has 0 fully saturated rings. The average Bonchev–Trinajstić information content (AvgIpc) is 3.07. The molecule has 8 heteroatoms. The van der Waals surface area contributed by atoms with Crippen LogP contribution >= 0.6 is 0 Å². The number of nitro groups is 1. The van der Waals surface area contributed by atoms with Crippen LogP contribution in [0.5, 0.6) is 17.2 Å². The smallest absolute Gasteiger partial charge is 0.311 e. The van der Waals surface area contributed by atoms with Crippen molar-refractivity contribution in [3.05, 3.63) is 63.2 Å². The number of fused-ring (bicyclic) bond motifs is 1. The van der Waals surface area contributed by atoms with Crippen LogP contribution in [-0.2, 0) is 0 Å². The zero-order chi connectivity index (χ0) is 18.0. The summed E-state index contributed by atoms with van der Waals surface area (Å²) in [5.74, 6) is -0.143. The zero-order valence-corrected chi connectivity index (χ0v) is 12.6. The molecule has 0 spiro atoms. The standard InChI is InChI=1S/C17H10N2O6/c18-8-12(5-10-1-3-14(20)13(6-10)19(22)23)17(21)11-2-4-15-16(7-11)25-9-24-15/h1-7,20H,9H2/b12-5-. The Morgan fingerprint density at radius 3 is 2.72 bits per heavy atom. The lowest BCUT2D eigenvalue weighted by Gasteiger charge is -2.02. The first-order valence-corrected chi connectivity index (χ1v) is 7.03. The van der Waals surface area contributed by atoms with Crippen LogP contribution in [0.1, 0.15) is 15.9 Å². The number of carbonyl (C=O) groups is 1. The summed E-state index contributed by atoms with van der Waals surface area (Å²) in [6, 6.07) is 9.90. The van der Waals surface area contributed by atoms with Gasteiger partial charge < -0.3 is 14.6 Å². The number of phenolic OH excluding ortho intramolecular Hbond substituents is 1. The van der Waals surface area contributed by atoms with Gasteiger partial charge in [0.05, 0.1) is 4.92 Å². The number of hydrogen-bond acceptors (Lipinski definition) is 7. The van der Waals surface area contributed by atoms with Gasteiger partial charge in [0.2, 0.25) is 12.6 Å². The first-order chi connectivity index (χ1) is 12.0. The van der Waals surface area contributed by atoms with E-state index in [1.807, 2.05) is 0 Å². The van der Waals surface area contributed by atoms with Crippen LogP contribution in [0, 0.1) is 21.4 Å². The van der Waals surface area contributed by atoms with Gasteiger partial charge in [-0.05, 0) is 35.9 Å². The fraction of sp³-hybridized carbons (Fsp3) is 0.0588. The largest absolute Gasteiger partial charge is 0.502 e. The minimum absolute atomic E-state index is 0.0606. The summed E-state index contributed by atoms with van der Waals surface area (Å²) in [6.45, 7) is 0.0606. The van der Waals surface area contributed by atoms with Crippen molar-refractivity contribution >= 4 is 17.5 Å². The maximum absolute atomic E-state index is 12.5. The van der Waals surface area contributed by atoms with Crippen molar-refractivity contribution in [1.82, 2.24) is 0 Å². The first kappa shape index (κ1) is 16.0. The van der Waals surface area contributed by atoms with Gasteiger partial charge in [-0.1, -0.05) is 6.07 Å². The van der Waals surface area contributed by atoms with Crippen molar-refractivity contribution in [2.24, 2.45) is 0 Å². The number of ketones is 1. The second-order valence-electron chi connectivity index (χ2n) is 5.07. The average molecular weight is 338 g/mol. The van der Waals surface area contributed by atoms with E-state index in [2.05, 4.69) is 0 Å². The topological polar surface area (TPSA) is 123 Å². The lowest BCUT2D eigenvalue weighted by atomic mass is 10.0. The lowest BCUT2D eigenvalue weighted by Crippen LogP contribution is -2.02. The molecule has 1 heterocycles. The summed E-state index contributed by atoms with van der Waals surface area (Å²) < 4.78 is 10.4.